The predicted molar refractivity (Wildman–Crippen MR) is 55.7 cm³/mol. The Balaban J connectivity index is 2.31. The summed E-state index contributed by atoms with van der Waals surface area (Å²) in [6.07, 6.45) is 1.09. The number of aryl methyl sites for hydroxylation is 1. The molecule has 0 aliphatic heterocycles. The van der Waals surface area contributed by atoms with Gasteiger partial charge in [0, 0.05) is 0 Å². The van der Waals surface area contributed by atoms with E-state index in [9.17, 15) is 4.39 Å². The number of halogens is 1. The van der Waals surface area contributed by atoms with Crippen molar-refractivity contribution in [1.82, 2.24) is 0 Å². The van der Waals surface area contributed by atoms with E-state index >= 15 is 0 Å². The van der Waals surface area contributed by atoms with Gasteiger partial charge in [0.2, 0.25) is 0 Å². The Morgan fingerprint density at radius 1 is 1.57 bits per heavy atom. The maximum atomic E-state index is 13.3. The Morgan fingerprint density at radius 3 is 2.79 bits per heavy atom. The minimum atomic E-state index is -0.105. The van der Waals surface area contributed by atoms with Crippen LogP contribution < -0.4 is 5.73 Å². The zero-order chi connectivity index (χ0) is 10.3. The molecule has 14 heavy (non-hydrogen) atoms. The van der Waals surface area contributed by atoms with Gasteiger partial charge in [-0.05, 0) is 48.4 Å². The summed E-state index contributed by atoms with van der Waals surface area (Å²) in [5, 5.41) is 0. The lowest BCUT2D eigenvalue weighted by Crippen LogP contribution is -2.12. The molecule has 1 nitrogen and oxygen atoms in total. The number of benzene rings is 1. The third-order valence-electron chi connectivity index (χ3n) is 3.53. The van der Waals surface area contributed by atoms with Gasteiger partial charge in [0.25, 0.3) is 0 Å². The molecule has 0 heterocycles. The molecular formula is C12H16FN. The quantitative estimate of drug-likeness (QED) is 0.766. The highest BCUT2D eigenvalue weighted by Crippen LogP contribution is 2.53. The largest absolute Gasteiger partial charge is 0.330 e. The zero-order valence-corrected chi connectivity index (χ0v) is 8.68. The van der Waals surface area contributed by atoms with E-state index in [1.165, 1.54) is 0 Å². The molecule has 1 aliphatic carbocycles. The Labute approximate surface area is 84.1 Å². The Kier molecular flexibility index (Phi) is 2.11. The first kappa shape index (κ1) is 9.66. The van der Waals surface area contributed by atoms with Crippen LogP contribution in [0.5, 0.6) is 0 Å². The van der Waals surface area contributed by atoms with Crippen LogP contribution in [0.4, 0.5) is 4.39 Å². The molecule has 2 atom stereocenters. The zero-order valence-electron chi connectivity index (χ0n) is 8.68. The molecule has 1 aromatic rings. The van der Waals surface area contributed by atoms with Gasteiger partial charge in [-0.25, -0.2) is 4.39 Å². The summed E-state index contributed by atoms with van der Waals surface area (Å²) >= 11 is 0. The van der Waals surface area contributed by atoms with Crippen molar-refractivity contribution >= 4 is 0 Å². The fraction of sp³-hybridized carbons (Fsp3) is 0.500. The van der Waals surface area contributed by atoms with Gasteiger partial charge < -0.3 is 5.73 Å². The molecular weight excluding hydrogens is 177 g/mol. The average molecular weight is 193 g/mol. The van der Waals surface area contributed by atoms with Crippen molar-refractivity contribution in [2.75, 3.05) is 6.54 Å². The minimum Gasteiger partial charge on any atom is -0.330 e. The number of nitrogens with two attached hydrogens (primary N) is 1. The second-order valence-electron chi connectivity index (χ2n) is 4.52. The summed E-state index contributed by atoms with van der Waals surface area (Å²) in [5.41, 5.74) is 7.55. The lowest BCUT2D eigenvalue weighted by atomic mass is 9.94. The van der Waals surface area contributed by atoms with Crippen molar-refractivity contribution in [3.8, 4) is 0 Å². The third kappa shape index (κ3) is 1.34. The summed E-state index contributed by atoms with van der Waals surface area (Å²) in [6.45, 7) is 4.65. The summed E-state index contributed by atoms with van der Waals surface area (Å²) in [6, 6.07) is 5.53. The molecule has 0 aromatic heterocycles. The molecule has 2 heteroatoms. The van der Waals surface area contributed by atoms with Crippen LogP contribution in [0.3, 0.4) is 0 Å². The van der Waals surface area contributed by atoms with Crippen molar-refractivity contribution in [3.63, 3.8) is 0 Å². The lowest BCUT2D eigenvalue weighted by Gasteiger charge is -2.11. The SMILES string of the molecule is Cc1ccc(C2(C)CC2CN)cc1F. The van der Waals surface area contributed by atoms with Crippen molar-refractivity contribution < 1.29 is 4.39 Å². The first-order valence-electron chi connectivity index (χ1n) is 5.04. The van der Waals surface area contributed by atoms with E-state index in [1.54, 1.807) is 13.0 Å². The van der Waals surface area contributed by atoms with Crippen LogP contribution in [0.1, 0.15) is 24.5 Å². The molecule has 2 unspecified atom stereocenters. The smallest absolute Gasteiger partial charge is 0.126 e. The number of rotatable bonds is 2. The summed E-state index contributed by atoms with van der Waals surface area (Å²) < 4.78 is 13.3. The fourth-order valence-corrected chi connectivity index (χ4v) is 2.10. The Bertz CT molecular complexity index is 361. The molecule has 1 fully saturated rings. The van der Waals surface area contributed by atoms with Gasteiger partial charge in [-0.1, -0.05) is 19.1 Å². The predicted octanol–water partition coefficient (Wildman–Crippen LogP) is 2.37. The monoisotopic (exact) mass is 193 g/mol. The number of hydrogen-bond acceptors (Lipinski definition) is 1. The molecule has 1 aliphatic rings. The normalized spacial score (nSPS) is 30.4. The van der Waals surface area contributed by atoms with E-state index < -0.39 is 0 Å². The fourth-order valence-electron chi connectivity index (χ4n) is 2.10. The molecule has 76 valence electrons. The van der Waals surface area contributed by atoms with Crippen LogP contribution in [-0.4, -0.2) is 6.54 Å². The van der Waals surface area contributed by atoms with Crippen LogP contribution in [0, 0.1) is 18.7 Å². The van der Waals surface area contributed by atoms with Gasteiger partial charge in [0.1, 0.15) is 5.82 Å². The lowest BCUT2D eigenvalue weighted by molar-refractivity contribution is 0.604. The first-order chi connectivity index (χ1) is 6.58. The maximum absolute atomic E-state index is 13.3. The van der Waals surface area contributed by atoms with E-state index in [4.69, 9.17) is 5.73 Å². The van der Waals surface area contributed by atoms with Crippen LogP contribution in [0.15, 0.2) is 18.2 Å². The highest BCUT2D eigenvalue weighted by atomic mass is 19.1. The second-order valence-corrected chi connectivity index (χ2v) is 4.52. The average Bonchev–Trinajstić information content (AvgIpc) is 2.83. The third-order valence-corrected chi connectivity index (χ3v) is 3.53. The van der Waals surface area contributed by atoms with Gasteiger partial charge in [-0.15, -0.1) is 0 Å². The molecule has 0 saturated heterocycles. The Morgan fingerprint density at radius 2 is 2.29 bits per heavy atom. The van der Waals surface area contributed by atoms with Gasteiger partial charge in [0.05, 0.1) is 0 Å². The molecule has 0 amide bonds. The van der Waals surface area contributed by atoms with Gasteiger partial charge in [-0.3, -0.25) is 0 Å². The van der Waals surface area contributed by atoms with Crippen molar-refractivity contribution in [2.24, 2.45) is 11.7 Å². The standard InChI is InChI=1S/C12H16FN/c1-8-3-4-9(5-11(8)13)12(2)6-10(12)7-14/h3-5,10H,6-7,14H2,1-2H3. The molecule has 2 N–H and O–H groups in total. The van der Waals surface area contributed by atoms with Crippen molar-refractivity contribution in [3.05, 3.63) is 35.1 Å². The molecule has 0 radical (unpaired) electrons. The summed E-state index contributed by atoms with van der Waals surface area (Å²) in [4.78, 5) is 0. The minimum absolute atomic E-state index is 0.105. The van der Waals surface area contributed by atoms with E-state index in [-0.39, 0.29) is 11.2 Å². The van der Waals surface area contributed by atoms with E-state index in [0.29, 0.717) is 18.0 Å². The molecule has 2 rings (SSSR count). The van der Waals surface area contributed by atoms with Crippen molar-refractivity contribution in [1.29, 1.82) is 0 Å². The van der Waals surface area contributed by atoms with Crippen LogP contribution in [0.2, 0.25) is 0 Å². The van der Waals surface area contributed by atoms with E-state index in [0.717, 1.165) is 12.0 Å². The van der Waals surface area contributed by atoms with Crippen molar-refractivity contribution in [2.45, 2.75) is 25.7 Å². The van der Waals surface area contributed by atoms with Gasteiger partial charge >= 0.3 is 0 Å². The molecule has 1 saturated carbocycles. The maximum Gasteiger partial charge on any atom is 0.126 e. The highest BCUT2D eigenvalue weighted by molar-refractivity contribution is 5.35. The van der Waals surface area contributed by atoms with Crippen LogP contribution in [0.25, 0.3) is 0 Å². The van der Waals surface area contributed by atoms with Crippen LogP contribution in [-0.2, 0) is 5.41 Å². The summed E-state index contributed by atoms with van der Waals surface area (Å²) in [5.74, 6) is 0.427. The highest BCUT2D eigenvalue weighted by Gasteiger charge is 2.50. The molecule has 1 aromatic carbocycles. The molecule has 0 bridgehead atoms. The summed E-state index contributed by atoms with van der Waals surface area (Å²) in [7, 11) is 0. The number of hydrogen-bond donors (Lipinski definition) is 1. The second kappa shape index (κ2) is 3.06. The first-order valence-corrected chi connectivity index (χ1v) is 5.04. The van der Waals surface area contributed by atoms with Crippen LogP contribution >= 0.6 is 0 Å². The Hall–Kier alpha value is -0.890. The van der Waals surface area contributed by atoms with E-state index in [2.05, 4.69) is 6.92 Å². The van der Waals surface area contributed by atoms with Gasteiger partial charge in [0.15, 0.2) is 0 Å². The van der Waals surface area contributed by atoms with Gasteiger partial charge in [-0.2, -0.15) is 0 Å². The van der Waals surface area contributed by atoms with E-state index in [1.807, 2.05) is 12.1 Å². The molecule has 0 spiro atoms. The topological polar surface area (TPSA) is 26.0 Å².